The first-order chi connectivity index (χ1) is 15.9. The van der Waals surface area contributed by atoms with Crippen LogP contribution in [0, 0.1) is 5.82 Å². The van der Waals surface area contributed by atoms with Gasteiger partial charge < -0.3 is 20.1 Å². The number of aromatic nitrogens is 1. The number of carbonyl (C=O) groups is 1. The van der Waals surface area contributed by atoms with Crippen molar-refractivity contribution in [3.8, 4) is 11.5 Å². The summed E-state index contributed by atoms with van der Waals surface area (Å²) in [6.07, 6.45) is 2.80. The predicted octanol–water partition coefficient (Wildman–Crippen LogP) is 5.72. The molecule has 0 bridgehead atoms. The number of hydrogen-bond acceptors (Lipinski definition) is 6. The van der Waals surface area contributed by atoms with Gasteiger partial charge in [-0.15, -0.1) is 0 Å². The molecule has 0 radical (unpaired) electrons. The van der Waals surface area contributed by atoms with E-state index in [0.717, 1.165) is 31.0 Å². The molecular weight excluding hydrogens is 492 g/mol. The van der Waals surface area contributed by atoms with Gasteiger partial charge >= 0.3 is 0 Å². The van der Waals surface area contributed by atoms with Crippen molar-refractivity contribution in [2.45, 2.75) is 25.4 Å². The zero-order chi connectivity index (χ0) is 23.4. The predicted molar refractivity (Wildman–Crippen MR) is 127 cm³/mol. The lowest BCUT2D eigenvalue weighted by Crippen LogP contribution is -2.30. The van der Waals surface area contributed by atoms with Crippen LogP contribution in [0.25, 0.3) is 0 Å². The average Bonchev–Trinajstić information content (AvgIpc) is 3.42. The maximum Gasteiger partial charge on any atom is 0.273 e. The topological polar surface area (TPSA) is 92.4 Å². The highest BCUT2D eigenvalue weighted by molar-refractivity contribution is 7.10. The van der Waals surface area contributed by atoms with Crippen LogP contribution in [0.1, 0.15) is 29.6 Å². The lowest BCUT2D eigenvalue weighted by atomic mass is 10.2. The number of nitrogens with one attached hydrogen (secondary N) is 3. The number of halogens is 3. The Kier molecular flexibility index (Phi) is 7.54. The fourth-order valence-corrected chi connectivity index (χ4v) is 4.44. The molecule has 1 aliphatic heterocycles. The lowest BCUT2D eigenvalue weighted by Gasteiger charge is -2.12. The van der Waals surface area contributed by atoms with E-state index in [0.29, 0.717) is 23.7 Å². The van der Waals surface area contributed by atoms with E-state index in [1.165, 1.54) is 18.2 Å². The summed E-state index contributed by atoms with van der Waals surface area (Å²) in [6.45, 7) is 1.13. The number of H-pyrrole nitrogens is 1. The quantitative estimate of drug-likeness (QED) is 0.359. The molecule has 0 saturated carbocycles. The van der Waals surface area contributed by atoms with Gasteiger partial charge in [0, 0.05) is 36.0 Å². The maximum absolute atomic E-state index is 14.7. The third kappa shape index (κ3) is 5.86. The van der Waals surface area contributed by atoms with Crippen molar-refractivity contribution in [2.24, 2.45) is 0 Å². The smallest absolute Gasteiger partial charge is 0.273 e. The molecule has 3 N–H and O–H groups in total. The Bertz CT molecular complexity index is 1210. The second-order valence-electron chi connectivity index (χ2n) is 7.36. The van der Waals surface area contributed by atoms with E-state index >= 15 is 0 Å². The number of benzene rings is 2. The maximum atomic E-state index is 14.7. The van der Waals surface area contributed by atoms with Crippen LogP contribution in [-0.2, 0) is 4.74 Å². The summed E-state index contributed by atoms with van der Waals surface area (Å²) in [4.78, 5) is 24.8. The van der Waals surface area contributed by atoms with E-state index in [4.69, 9.17) is 32.7 Å². The first-order valence-electron chi connectivity index (χ1n) is 10.2. The fourth-order valence-electron chi connectivity index (χ4n) is 3.37. The molecule has 0 spiro atoms. The van der Waals surface area contributed by atoms with Crippen LogP contribution in [0.2, 0.25) is 10.0 Å². The molecule has 1 fully saturated rings. The second-order valence-corrected chi connectivity index (χ2v) is 9.02. The molecule has 33 heavy (non-hydrogen) atoms. The van der Waals surface area contributed by atoms with Gasteiger partial charge in [-0.05, 0) is 55.1 Å². The summed E-state index contributed by atoms with van der Waals surface area (Å²) in [5.41, 5.74) is -0.243. The van der Waals surface area contributed by atoms with E-state index in [9.17, 15) is 14.0 Å². The van der Waals surface area contributed by atoms with Gasteiger partial charge in [-0.3, -0.25) is 14.0 Å². The van der Waals surface area contributed by atoms with E-state index < -0.39 is 17.3 Å². The lowest BCUT2D eigenvalue weighted by molar-refractivity contribution is 0.0907. The van der Waals surface area contributed by atoms with Crippen molar-refractivity contribution in [1.82, 2.24) is 9.69 Å². The van der Waals surface area contributed by atoms with Crippen molar-refractivity contribution in [3.63, 3.8) is 0 Å². The molecule has 2 heterocycles. The Hall–Kier alpha value is -2.59. The SMILES string of the molecule is O=C(NCCC1CCCO1)c1c(Nc2ccc(Oc3cc(Cl)ccc3Cl)c(F)c2)s[nH]c1=O. The Morgan fingerprint density at radius 1 is 1.24 bits per heavy atom. The number of anilines is 2. The molecule has 2 aromatic carbocycles. The van der Waals surface area contributed by atoms with Gasteiger partial charge in [0.15, 0.2) is 11.6 Å². The summed E-state index contributed by atoms with van der Waals surface area (Å²) in [7, 11) is 0. The highest BCUT2D eigenvalue weighted by Crippen LogP contribution is 2.34. The zero-order valence-electron chi connectivity index (χ0n) is 17.3. The third-order valence-electron chi connectivity index (χ3n) is 5.01. The fraction of sp³-hybridized carbons (Fsp3) is 0.273. The number of carbonyl (C=O) groups excluding carboxylic acids is 1. The van der Waals surface area contributed by atoms with E-state index in [1.807, 2.05) is 0 Å². The van der Waals surface area contributed by atoms with Crippen molar-refractivity contribution in [1.29, 1.82) is 0 Å². The number of aromatic amines is 1. The van der Waals surface area contributed by atoms with Gasteiger partial charge in [-0.1, -0.05) is 23.2 Å². The first kappa shape index (κ1) is 23.6. The highest BCUT2D eigenvalue weighted by atomic mass is 35.5. The zero-order valence-corrected chi connectivity index (χ0v) is 19.6. The van der Waals surface area contributed by atoms with E-state index in [2.05, 4.69) is 15.0 Å². The summed E-state index contributed by atoms with van der Waals surface area (Å²) in [6, 6.07) is 8.78. The molecule has 1 unspecified atom stereocenters. The molecule has 1 amide bonds. The number of ether oxygens (including phenoxy) is 2. The Morgan fingerprint density at radius 2 is 2.09 bits per heavy atom. The first-order valence-corrected chi connectivity index (χ1v) is 11.8. The van der Waals surface area contributed by atoms with Gasteiger partial charge in [-0.2, -0.15) is 0 Å². The molecule has 1 saturated heterocycles. The van der Waals surface area contributed by atoms with Gasteiger partial charge in [0.05, 0.1) is 11.1 Å². The van der Waals surface area contributed by atoms with Gasteiger partial charge in [0.2, 0.25) is 0 Å². The molecule has 7 nitrogen and oxygen atoms in total. The molecule has 11 heteroatoms. The van der Waals surface area contributed by atoms with Crippen LogP contribution in [0.5, 0.6) is 11.5 Å². The summed E-state index contributed by atoms with van der Waals surface area (Å²) < 4.78 is 28.2. The standard InChI is InChI=1S/C22H20Cl2FN3O4S/c23-12-3-5-15(24)18(10-12)32-17-6-4-13(11-16(17)25)27-22-19(21(30)28-33-22)20(29)26-8-7-14-2-1-9-31-14/h3-6,10-11,14,27H,1-2,7-9H2,(H,26,29)(H,28,30). The van der Waals surface area contributed by atoms with Crippen LogP contribution >= 0.6 is 34.7 Å². The Labute approximate surface area is 203 Å². The molecule has 4 rings (SSSR count). The number of rotatable bonds is 8. The van der Waals surface area contributed by atoms with E-state index in [1.54, 1.807) is 18.2 Å². The van der Waals surface area contributed by atoms with Crippen LogP contribution in [0.3, 0.4) is 0 Å². The van der Waals surface area contributed by atoms with Crippen molar-refractivity contribution in [3.05, 3.63) is 68.2 Å². The third-order valence-corrected chi connectivity index (χ3v) is 6.35. The average molecular weight is 512 g/mol. The minimum atomic E-state index is -0.665. The number of hydrogen-bond donors (Lipinski definition) is 3. The van der Waals surface area contributed by atoms with Crippen LogP contribution in [0.15, 0.2) is 41.2 Å². The molecule has 0 aliphatic carbocycles. The number of amides is 1. The minimum absolute atomic E-state index is 0.0564. The van der Waals surface area contributed by atoms with Crippen LogP contribution < -0.4 is 20.9 Å². The van der Waals surface area contributed by atoms with Gasteiger partial charge in [-0.25, -0.2) is 4.39 Å². The summed E-state index contributed by atoms with van der Waals surface area (Å²) >= 11 is 13.0. The van der Waals surface area contributed by atoms with Crippen LogP contribution in [-0.4, -0.2) is 29.5 Å². The summed E-state index contributed by atoms with van der Waals surface area (Å²) in [5, 5.41) is 6.63. The molecule has 1 aliphatic rings. The van der Waals surface area contributed by atoms with Crippen molar-refractivity contribution in [2.75, 3.05) is 18.5 Å². The minimum Gasteiger partial charge on any atom is -0.453 e. The summed E-state index contributed by atoms with van der Waals surface area (Å²) in [5.74, 6) is -1.01. The molecule has 174 valence electrons. The molecular formula is C22H20Cl2FN3O4S. The van der Waals surface area contributed by atoms with Gasteiger partial charge in [0.25, 0.3) is 11.5 Å². The second kappa shape index (κ2) is 10.6. The Balaban J connectivity index is 1.43. The van der Waals surface area contributed by atoms with Gasteiger partial charge in [0.1, 0.15) is 16.3 Å². The molecule has 3 aromatic rings. The molecule has 1 aromatic heterocycles. The Morgan fingerprint density at radius 3 is 2.85 bits per heavy atom. The largest absolute Gasteiger partial charge is 0.453 e. The van der Waals surface area contributed by atoms with Crippen molar-refractivity contribution < 1.29 is 18.7 Å². The van der Waals surface area contributed by atoms with E-state index in [-0.39, 0.29) is 33.2 Å². The highest BCUT2D eigenvalue weighted by Gasteiger charge is 2.21. The molecule has 1 atom stereocenters. The normalized spacial score (nSPS) is 15.4. The monoisotopic (exact) mass is 511 g/mol. The van der Waals surface area contributed by atoms with Crippen molar-refractivity contribution >= 4 is 51.3 Å². The van der Waals surface area contributed by atoms with Crippen LogP contribution in [0.4, 0.5) is 15.1 Å².